The summed E-state index contributed by atoms with van der Waals surface area (Å²) in [4.78, 5) is 24.1. The smallest absolute Gasteiger partial charge is 0.355 e. The molecule has 1 saturated carbocycles. The molecule has 1 aliphatic carbocycles. The van der Waals surface area contributed by atoms with Crippen molar-refractivity contribution < 1.29 is 35.9 Å². The summed E-state index contributed by atoms with van der Waals surface area (Å²) >= 11 is 0. The highest BCUT2D eigenvalue weighted by Gasteiger charge is 2.37. The van der Waals surface area contributed by atoms with Crippen molar-refractivity contribution in [1.29, 1.82) is 0 Å². The second-order valence-corrected chi connectivity index (χ2v) is 8.80. The van der Waals surface area contributed by atoms with E-state index in [1.54, 1.807) is 0 Å². The van der Waals surface area contributed by atoms with Crippen molar-refractivity contribution in [2.45, 2.75) is 57.9 Å². The Bertz CT molecular complexity index is 783. The van der Waals surface area contributed by atoms with E-state index in [4.69, 9.17) is 0 Å². The topological polar surface area (TPSA) is 70.2 Å². The van der Waals surface area contributed by atoms with Gasteiger partial charge in [-0.25, -0.2) is 0 Å². The molecule has 1 aromatic carbocycles. The largest absolute Gasteiger partial charge is 0.416 e. The third-order valence-corrected chi connectivity index (χ3v) is 5.51. The van der Waals surface area contributed by atoms with Crippen LogP contribution in [-0.4, -0.2) is 37.5 Å². The highest BCUT2D eigenvalue weighted by Crippen LogP contribution is 2.36. The molecule has 0 aromatic heterocycles. The fourth-order valence-electron chi connectivity index (χ4n) is 3.61. The molecular weight excluding hydrogens is 452 g/mol. The number of halogens is 6. The van der Waals surface area contributed by atoms with E-state index in [2.05, 4.69) is 16.0 Å². The van der Waals surface area contributed by atoms with Crippen LogP contribution in [0.2, 0.25) is 0 Å². The summed E-state index contributed by atoms with van der Waals surface area (Å²) in [6.45, 7) is 4.95. The van der Waals surface area contributed by atoms with Crippen molar-refractivity contribution in [2.75, 3.05) is 19.6 Å². The molecule has 0 radical (unpaired) electrons. The Morgan fingerprint density at radius 1 is 0.909 bits per heavy atom. The number of benzene rings is 1. The number of amides is 2. The van der Waals surface area contributed by atoms with Crippen LogP contribution in [0.5, 0.6) is 0 Å². The summed E-state index contributed by atoms with van der Waals surface area (Å²) in [5, 5.41) is 8.46. The molecule has 0 spiro atoms. The number of hydrogen-bond acceptors (Lipinski definition) is 3. The summed E-state index contributed by atoms with van der Waals surface area (Å²) < 4.78 is 77.8. The molecule has 0 unspecified atom stereocenters. The van der Waals surface area contributed by atoms with Crippen LogP contribution in [0, 0.1) is 11.8 Å². The minimum atomic E-state index is -5.01. The molecule has 11 heteroatoms. The van der Waals surface area contributed by atoms with Crippen molar-refractivity contribution in [3.63, 3.8) is 0 Å². The lowest BCUT2D eigenvalue weighted by Crippen LogP contribution is -2.42. The molecule has 33 heavy (non-hydrogen) atoms. The molecule has 0 atom stereocenters. The van der Waals surface area contributed by atoms with Crippen molar-refractivity contribution in [2.24, 2.45) is 11.8 Å². The van der Waals surface area contributed by atoms with Gasteiger partial charge in [-0.1, -0.05) is 13.8 Å². The molecule has 1 aromatic rings. The Kier molecular flexibility index (Phi) is 9.16. The fraction of sp³-hybridized carbons (Fsp3) is 0.636. The van der Waals surface area contributed by atoms with E-state index in [0.717, 1.165) is 12.8 Å². The third kappa shape index (κ3) is 8.87. The van der Waals surface area contributed by atoms with E-state index in [9.17, 15) is 35.9 Å². The van der Waals surface area contributed by atoms with Gasteiger partial charge in [0.2, 0.25) is 5.91 Å². The maximum atomic E-state index is 13.0. The van der Waals surface area contributed by atoms with Crippen LogP contribution in [0.1, 0.15) is 61.0 Å². The van der Waals surface area contributed by atoms with E-state index in [0.29, 0.717) is 37.4 Å². The van der Waals surface area contributed by atoms with Gasteiger partial charge in [0.05, 0.1) is 17.7 Å². The Morgan fingerprint density at radius 2 is 1.45 bits per heavy atom. The van der Waals surface area contributed by atoms with Crippen LogP contribution >= 0.6 is 0 Å². The van der Waals surface area contributed by atoms with Gasteiger partial charge < -0.3 is 16.0 Å². The molecular formula is C22H29F6N3O2. The SMILES string of the molecule is CC(C)CNC(=O)CNC1CCC(CNC(=O)c2cc(C(F)(F)F)cc(C(F)(F)F)c2)CC1. The average Bonchev–Trinajstić information content (AvgIpc) is 2.73. The lowest BCUT2D eigenvalue weighted by Gasteiger charge is -2.29. The number of alkyl halides is 6. The standard InChI is InChI=1S/C22H29F6N3O2/c1-13(2)10-30-19(32)12-29-18-5-3-14(4-6-18)11-31-20(33)15-7-16(21(23,24)25)9-17(8-15)22(26,27)28/h7-9,13-14,18,29H,3-6,10-12H2,1-2H3,(H,30,32)(H,31,33). The molecule has 5 nitrogen and oxygen atoms in total. The fourth-order valence-corrected chi connectivity index (χ4v) is 3.61. The normalized spacial score (nSPS) is 19.4. The Balaban J connectivity index is 1.85. The summed E-state index contributed by atoms with van der Waals surface area (Å²) in [5.41, 5.74) is -3.72. The van der Waals surface area contributed by atoms with Gasteiger partial charge >= 0.3 is 12.4 Å². The molecule has 186 valence electrons. The van der Waals surface area contributed by atoms with Gasteiger partial charge in [-0.2, -0.15) is 26.3 Å². The van der Waals surface area contributed by atoms with Gasteiger partial charge in [0, 0.05) is 24.7 Å². The van der Waals surface area contributed by atoms with E-state index < -0.39 is 35.0 Å². The van der Waals surface area contributed by atoms with Gasteiger partial charge in [0.15, 0.2) is 0 Å². The van der Waals surface area contributed by atoms with Gasteiger partial charge in [-0.15, -0.1) is 0 Å². The van der Waals surface area contributed by atoms with Gasteiger partial charge in [0.25, 0.3) is 5.91 Å². The number of rotatable bonds is 8. The van der Waals surface area contributed by atoms with E-state index >= 15 is 0 Å². The van der Waals surface area contributed by atoms with Gasteiger partial charge in [-0.05, 0) is 55.7 Å². The predicted octanol–water partition coefficient (Wildman–Crippen LogP) is 4.37. The second-order valence-electron chi connectivity index (χ2n) is 8.80. The Hall–Kier alpha value is -2.30. The summed E-state index contributed by atoms with van der Waals surface area (Å²) in [7, 11) is 0. The minimum Gasteiger partial charge on any atom is -0.355 e. The minimum absolute atomic E-state index is 0.00580. The maximum absolute atomic E-state index is 13.0. The molecule has 2 rings (SSSR count). The monoisotopic (exact) mass is 481 g/mol. The molecule has 2 amide bonds. The van der Waals surface area contributed by atoms with Crippen LogP contribution in [0.3, 0.4) is 0 Å². The third-order valence-electron chi connectivity index (χ3n) is 5.51. The zero-order valence-electron chi connectivity index (χ0n) is 18.5. The molecule has 1 aliphatic rings. The van der Waals surface area contributed by atoms with E-state index in [1.165, 1.54) is 0 Å². The van der Waals surface area contributed by atoms with Crippen LogP contribution in [0.25, 0.3) is 0 Å². The van der Waals surface area contributed by atoms with E-state index in [1.807, 2.05) is 13.8 Å². The highest BCUT2D eigenvalue weighted by atomic mass is 19.4. The Labute approximate surface area is 188 Å². The molecule has 1 fully saturated rings. The first-order valence-corrected chi connectivity index (χ1v) is 10.8. The van der Waals surface area contributed by atoms with Crippen LogP contribution in [0.4, 0.5) is 26.3 Å². The maximum Gasteiger partial charge on any atom is 0.416 e. The highest BCUT2D eigenvalue weighted by molar-refractivity contribution is 5.94. The van der Waals surface area contributed by atoms with Gasteiger partial charge in [0.1, 0.15) is 0 Å². The van der Waals surface area contributed by atoms with Crippen LogP contribution in [0.15, 0.2) is 18.2 Å². The number of nitrogens with one attached hydrogen (secondary N) is 3. The van der Waals surface area contributed by atoms with Crippen LogP contribution < -0.4 is 16.0 Å². The number of hydrogen-bond donors (Lipinski definition) is 3. The quantitative estimate of drug-likeness (QED) is 0.483. The summed E-state index contributed by atoms with van der Waals surface area (Å²) in [6.07, 6.45) is -7.09. The van der Waals surface area contributed by atoms with Crippen molar-refractivity contribution >= 4 is 11.8 Å². The Morgan fingerprint density at radius 3 is 1.94 bits per heavy atom. The first-order valence-electron chi connectivity index (χ1n) is 10.8. The average molecular weight is 481 g/mol. The molecule has 0 heterocycles. The second kappa shape index (κ2) is 11.2. The lowest BCUT2D eigenvalue weighted by atomic mass is 9.86. The molecule has 0 bridgehead atoms. The zero-order chi connectivity index (χ0) is 24.8. The molecule has 0 aliphatic heterocycles. The zero-order valence-corrected chi connectivity index (χ0v) is 18.5. The number of carbonyl (C=O) groups excluding carboxylic acids is 2. The molecule has 3 N–H and O–H groups in total. The number of carbonyl (C=O) groups is 2. The first kappa shape index (κ1) is 26.9. The van der Waals surface area contributed by atoms with Crippen molar-refractivity contribution in [3.8, 4) is 0 Å². The van der Waals surface area contributed by atoms with Crippen LogP contribution in [-0.2, 0) is 17.1 Å². The summed E-state index contributed by atoms with van der Waals surface area (Å²) in [6, 6.07) is 0.985. The van der Waals surface area contributed by atoms with Crippen molar-refractivity contribution in [3.05, 3.63) is 34.9 Å². The predicted molar refractivity (Wildman–Crippen MR) is 110 cm³/mol. The lowest BCUT2D eigenvalue weighted by molar-refractivity contribution is -0.143. The summed E-state index contributed by atoms with van der Waals surface area (Å²) in [5.74, 6) is -0.656. The first-order chi connectivity index (χ1) is 15.3. The molecule has 0 saturated heterocycles. The van der Waals surface area contributed by atoms with Gasteiger partial charge in [-0.3, -0.25) is 9.59 Å². The van der Waals surface area contributed by atoms with E-state index in [-0.39, 0.29) is 37.0 Å². The van der Waals surface area contributed by atoms with Crippen molar-refractivity contribution in [1.82, 2.24) is 16.0 Å².